The zero-order valence-corrected chi connectivity index (χ0v) is 15.8. The Kier molecular flexibility index (Phi) is 4.72. The zero-order valence-electron chi connectivity index (χ0n) is 15.0. The number of aryl methyl sites for hydroxylation is 2. The highest BCUT2D eigenvalue weighted by Gasteiger charge is 2.18. The molecule has 7 heteroatoms. The molecule has 1 aromatic carbocycles. The molecule has 2 heterocycles. The summed E-state index contributed by atoms with van der Waals surface area (Å²) in [6.45, 7) is 4.16. The van der Waals surface area contributed by atoms with Crippen molar-refractivity contribution in [2.24, 2.45) is 0 Å². The fourth-order valence-electron chi connectivity index (χ4n) is 3.45. The van der Waals surface area contributed by atoms with E-state index in [4.69, 9.17) is 4.42 Å². The van der Waals surface area contributed by atoms with Gasteiger partial charge >= 0.3 is 0 Å². The molecule has 2 N–H and O–H groups in total. The molecule has 0 spiro atoms. The van der Waals surface area contributed by atoms with Crippen LogP contribution in [0.25, 0.3) is 22.4 Å². The molecule has 3 aromatic rings. The van der Waals surface area contributed by atoms with Crippen LogP contribution in [-0.2, 0) is 4.79 Å². The Morgan fingerprint density at radius 1 is 1.31 bits per heavy atom. The number of fused-ring (bicyclic) bond motifs is 1. The average molecular weight is 370 g/mol. The van der Waals surface area contributed by atoms with Gasteiger partial charge in [0.15, 0.2) is 0 Å². The minimum Gasteiger partial charge on any atom is -0.411 e. The molecule has 0 bridgehead atoms. The first kappa shape index (κ1) is 17.1. The van der Waals surface area contributed by atoms with Gasteiger partial charge < -0.3 is 14.7 Å². The molecule has 1 amide bonds. The van der Waals surface area contributed by atoms with Gasteiger partial charge in [0.1, 0.15) is 0 Å². The third kappa shape index (κ3) is 3.49. The topological polar surface area (TPSA) is 83.8 Å². The molecule has 0 atom stereocenters. The molecule has 1 fully saturated rings. The van der Waals surface area contributed by atoms with E-state index in [1.54, 1.807) is 0 Å². The predicted molar refractivity (Wildman–Crippen MR) is 102 cm³/mol. The Morgan fingerprint density at radius 2 is 2.12 bits per heavy atom. The van der Waals surface area contributed by atoms with E-state index in [9.17, 15) is 4.79 Å². The molecule has 136 valence electrons. The summed E-state index contributed by atoms with van der Waals surface area (Å²) in [7, 11) is 0. The van der Waals surface area contributed by atoms with Crippen molar-refractivity contribution in [3.63, 3.8) is 0 Å². The van der Waals surface area contributed by atoms with Crippen LogP contribution in [0.2, 0.25) is 0 Å². The summed E-state index contributed by atoms with van der Waals surface area (Å²) in [6, 6.07) is 6.38. The normalized spacial score (nSPS) is 15.0. The first-order valence-corrected chi connectivity index (χ1v) is 9.93. The number of H-pyrrole nitrogens is 1. The minimum absolute atomic E-state index is 0.0292. The highest BCUT2D eigenvalue weighted by Crippen LogP contribution is 2.28. The number of rotatable bonds is 5. The SMILES string of the molecule is Cc1[nH]c2ccc(-c3nnc(SCC(=O)NC4CCCC4)o3)cc2c1C. The molecule has 4 rings (SSSR count). The van der Waals surface area contributed by atoms with Crippen molar-refractivity contribution in [1.82, 2.24) is 20.5 Å². The van der Waals surface area contributed by atoms with Crippen LogP contribution in [0.3, 0.4) is 0 Å². The monoisotopic (exact) mass is 370 g/mol. The van der Waals surface area contributed by atoms with E-state index in [-0.39, 0.29) is 5.91 Å². The van der Waals surface area contributed by atoms with Gasteiger partial charge in [0, 0.05) is 28.2 Å². The molecule has 0 saturated heterocycles. The molecular weight excluding hydrogens is 348 g/mol. The van der Waals surface area contributed by atoms with Crippen LogP contribution < -0.4 is 5.32 Å². The van der Waals surface area contributed by atoms with Crippen LogP contribution in [0.4, 0.5) is 0 Å². The zero-order chi connectivity index (χ0) is 18.1. The summed E-state index contributed by atoms with van der Waals surface area (Å²) >= 11 is 1.28. The van der Waals surface area contributed by atoms with E-state index >= 15 is 0 Å². The lowest BCUT2D eigenvalue weighted by Crippen LogP contribution is -2.33. The van der Waals surface area contributed by atoms with Crippen molar-refractivity contribution in [3.8, 4) is 11.5 Å². The van der Waals surface area contributed by atoms with Crippen molar-refractivity contribution in [2.45, 2.75) is 50.8 Å². The number of carbonyl (C=O) groups is 1. The number of hydrogen-bond acceptors (Lipinski definition) is 5. The number of nitrogens with one attached hydrogen (secondary N) is 2. The lowest BCUT2D eigenvalue weighted by Gasteiger charge is -2.10. The van der Waals surface area contributed by atoms with E-state index in [1.165, 1.54) is 30.2 Å². The second-order valence-corrected chi connectivity index (χ2v) is 7.77. The van der Waals surface area contributed by atoms with Crippen molar-refractivity contribution in [1.29, 1.82) is 0 Å². The minimum atomic E-state index is 0.0292. The molecule has 0 radical (unpaired) electrons. The molecule has 6 nitrogen and oxygen atoms in total. The van der Waals surface area contributed by atoms with Crippen LogP contribution in [0.1, 0.15) is 36.9 Å². The number of thioether (sulfide) groups is 1. The number of benzene rings is 1. The number of carbonyl (C=O) groups excluding carboxylic acids is 1. The molecule has 26 heavy (non-hydrogen) atoms. The molecule has 1 aliphatic rings. The second kappa shape index (κ2) is 7.15. The molecule has 0 aliphatic heterocycles. The van der Waals surface area contributed by atoms with Gasteiger partial charge in [-0.2, -0.15) is 0 Å². The van der Waals surface area contributed by atoms with Crippen LogP contribution in [0.5, 0.6) is 0 Å². The van der Waals surface area contributed by atoms with Gasteiger partial charge in [-0.05, 0) is 50.5 Å². The van der Waals surface area contributed by atoms with Gasteiger partial charge in [-0.3, -0.25) is 4.79 Å². The van der Waals surface area contributed by atoms with Gasteiger partial charge in [0.05, 0.1) is 5.75 Å². The van der Waals surface area contributed by atoms with Crippen molar-refractivity contribution >= 4 is 28.6 Å². The van der Waals surface area contributed by atoms with E-state index in [1.807, 2.05) is 12.1 Å². The Labute approximate surface area is 156 Å². The number of aromatic nitrogens is 3. The summed E-state index contributed by atoms with van der Waals surface area (Å²) in [5.74, 6) is 0.804. The summed E-state index contributed by atoms with van der Waals surface area (Å²) in [5.41, 5.74) is 4.36. The van der Waals surface area contributed by atoms with Gasteiger partial charge in [-0.25, -0.2) is 0 Å². The van der Waals surface area contributed by atoms with E-state index in [0.29, 0.717) is 22.9 Å². The van der Waals surface area contributed by atoms with Crippen molar-refractivity contribution in [3.05, 3.63) is 29.5 Å². The van der Waals surface area contributed by atoms with Gasteiger partial charge in [-0.15, -0.1) is 10.2 Å². The maximum Gasteiger partial charge on any atom is 0.277 e. The standard InChI is InChI=1S/C19H22N4O2S/c1-11-12(2)20-16-8-7-13(9-15(11)16)18-22-23-19(25-18)26-10-17(24)21-14-5-3-4-6-14/h7-9,14,20H,3-6,10H2,1-2H3,(H,21,24). The maximum absolute atomic E-state index is 12.0. The number of amides is 1. The third-order valence-electron chi connectivity index (χ3n) is 5.01. The van der Waals surface area contributed by atoms with Crippen molar-refractivity contribution in [2.75, 3.05) is 5.75 Å². The first-order chi connectivity index (χ1) is 12.6. The predicted octanol–water partition coefficient (Wildman–Crippen LogP) is 3.99. The van der Waals surface area contributed by atoms with Crippen LogP contribution >= 0.6 is 11.8 Å². The lowest BCUT2D eigenvalue weighted by atomic mass is 10.1. The average Bonchev–Trinajstić information content (AvgIpc) is 3.36. The first-order valence-electron chi connectivity index (χ1n) is 8.95. The highest BCUT2D eigenvalue weighted by molar-refractivity contribution is 7.99. The Hall–Kier alpha value is -2.28. The summed E-state index contributed by atoms with van der Waals surface area (Å²) < 4.78 is 5.74. The van der Waals surface area contributed by atoms with E-state index < -0.39 is 0 Å². The smallest absolute Gasteiger partial charge is 0.277 e. The number of aromatic amines is 1. The molecule has 1 aliphatic carbocycles. The Balaban J connectivity index is 1.42. The van der Waals surface area contributed by atoms with Gasteiger partial charge in [-0.1, -0.05) is 24.6 Å². The largest absolute Gasteiger partial charge is 0.411 e. The fourth-order valence-corrected chi connectivity index (χ4v) is 4.02. The molecule has 0 unspecified atom stereocenters. The van der Waals surface area contributed by atoms with Crippen LogP contribution in [-0.4, -0.2) is 32.9 Å². The summed E-state index contributed by atoms with van der Waals surface area (Å²) in [6.07, 6.45) is 4.58. The maximum atomic E-state index is 12.0. The Bertz CT molecular complexity index is 940. The molecular formula is C19H22N4O2S. The van der Waals surface area contributed by atoms with Gasteiger partial charge in [0.2, 0.25) is 11.8 Å². The highest BCUT2D eigenvalue weighted by atomic mass is 32.2. The van der Waals surface area contributed by atoms with Crippen molar-refractivity contribution < 1.29 is 9.21 Å². The number of nitrogens with zero attached hydrogens (tertiary/aromatic N) is 2. The Morgan fingerprint density at radius 3 is 2.92 bits per heavy atom. The number of hydrogen-bond donors (Lipinski definition) is 2. The van der Waals surface area contributed by atoms with Crippen LogP contribution in [0, 0.1) is 13.8 Å². The van der Waals surface area contributed by atoms with E-state index in [2.05, 4.69) is 40.4 Å². The third-order valence-corrected chi connectivity index (χ3v) is 5.83. The van der Waals surface area contributed by atoms with E-state index in [0.717, 1.165) is 35.0 Å². The fraction of sp³-hybridized carbons (Fsp3) is 0.421. The molecule has 1 saturated carbocycles. The summed E-state index contributed by atoms with van der Waals surface area (Å²) in [5, 5.41) is 12.8. The second-order valence-electron chi connectivity index (χ2n) is 6.85. The lowest BCUT2D eigenvalue weighted by molar-refractivity contribution is -0.119. The quantitative estimate of drug-likeness (QED) is 0.664. The molecule has 2 aromatic heterocycles. The van der Waals surface area contributed by atoms with Gasteiger partial charge in [0.25, 0.3) is 5.22 Å². The summed E-state index contributed by atoms with van der Waals surface area (Å²) in [4.78, 5) is 15.4. The van der Waals surface area contributed by atoms with Crippen LogP contribution in [0.15, 0.2) is 27.8 Å².